The van der Waals surface area contributed by atoms with Gasteiger partial charge < -0.3 is 5.32 Å². The molecule has 0 fully saturated rings. The van der Waals surface area contributed by atoms with Crippen LogP contribution < -0.4 is 5.32 Å². The molecule has 2 aromatic heterocycles. The maximum Gasteiger partial charge on any atom is 0.180 e. The molecule has 0 radical (unpaired) electrons. The van der Waals surface area contributed by atoms with Gasteiger partial charge in [0.2, 0.25) is 0 Å². The molecule has 0 aliphatic carbocycles. The summed E-state index contributed by atoms with van der Waals surface area (Å²) < 4.78 is 0.913. The van der Waals surface area contributed by atoms with Crippen LogP contribution in [0.25, 0.3) is 0 Å². The Kier molecular flexibility index (Phi) is 4.48. The number of anilines is 1. The third kappa shape index (κ3) is 3.17. The van der Waals surface area contributed by atoms with Gasteiger partial charge in [-0.2, -0.15) is 0 Å². The molecule has 1 N–H and O–H groups in total. The lowest BCUT2D eigenvalue weighted by molar-refractivity contribution is 0.935. The van der Waals surface area contributed by atoms with Gasteiger partial charge in [-0.1, -0.05) is 18.3 Å². The van der Waals surface area contributed by atoms with Gasteiger partial charge in [0.25, 0.3) is 0 Å². The van der Waals surface area contributed by atoms with E-state index in [1.807, 2.05) is 13.8 Å². The van der Waals surface area contributed by atoms with Crippen LogP contribution in [0.5, 0.6) is 0 Å². The average molecular weight is 281 g/mol. The minimum absolute atomic E-state index is 0.899. The SMILES string of the molecule is CCCNc1ncnc(Sc2nnc(C)s2)c1C. The van der Waals surface area contributed by atoms with Crippen molar-refractivity contribution in [3.8, 4) is 0 Å². The highest BCUT2D eigenvalue weighted by atomic mass is 32.2. The molecule has 0 amide bonds. The largest absolute Gasteiger partial charge is 0.370 e. The monoisotopic (exact) mass is 281 g/mol. The summed E-state index contributed by atoms with van der Waals surface area (Å²) in [6.07, 6.45) is 2.66. The van der Waals surface area contributed by atoms with Gasteiger partial charge in [0.15, 0.2) is 4.34 Å². The first-order valence-electron chi connectivity index (χ1n) is 5.74. The molecule has 0 atom stereocenters. The van der Waals surface area contributed by atoms with E-state index in [-0.39, 0.29) is 0 Å². The number of nitrogens with zero attached hydrogens (tertiary/aromatic N) is 4. The van der Waals surface area contributed by atoms with Gasteiger partial charge in [-0.25, -0.2) is 9.97 Å². The highest BCUT2D eigenvalue weighted by Gasteiger charge is 2.10. The van der Waals surface area contributed by atoms with Gasteiger partial charge in [-0.05, 0) is 32.0 Å². The topological polar surface area (TPSA) is 63.6 Å². The number of hydrogen-bond donors (Lipinski definition) is 1. The van der Waals surface area contributed by atoms with Crippen LogP contribution in [0.4, 0.5) is 5.82 Å². The lowest BCUT2D eigenvalue weighted by Gasteiger charge is -2.09. The van der Waals surface area contributed by atoms with E-state index in [4.69, 9.17) is 0 Å². The van der Waals surface area contributed by atoms with E-state index < -0.39 is 0 Å². The summed E-state index contributed by atoms with van der Waals surface area (Å²) in [5.74, 6) is 0.899. The van der Waals surface area contributed by atoms with Crippen LogP contribution in [0.3, 0.4) is 0 Å². The molecule has 2 aromatic rings. The van der Waals surface area contributed by atoms with E-state index >= 15 is 0 Å². The van der Waals surface area contributed by atoms with Crippen molar-refractivity contribution >= 4 is 28.9 Å². The van der Waals surface area contributed by atoms with E-state index in [1.54, 1.807) is 17.7 Å². The predicted octanol–water partition coefficient (Wildman–Crippen LogP) is 2.92. The lowest BCUT2D eigenvalue weighted by Crippen LogP contribution is -2.05. The van der Waals surface area contributed by atoms with Crippen molar-refractivity contribution in [2.75, 3.05) is 11.9 Å². The highest BCUT2D eigenvalue weighted by Crippen LogP contribution is 2.32. The van der Waals surface area contributed by atoms with Gasteiger partial charge in [0.05, 0.1) is 0 Å². The van der Waals surface area contributed by atoms with Crippen molar-refractivity contribution < 1.29 is 0 Å². The molecular weight excluding hydrogens is 266 g/mol. The van der Waals surface area contributed by atoms with Gasteiger partial charge in [0.1, 0.15) is 22.2 Å². The Bertz CT molecular complexity index is 526. The van der Waals surface area contributed by atoms with E-state index in [9.17, 15) is 0 Å². The van der Waals surface area contributed by atoms with Crippen molar-refractivity contribution in [3.05, 3.63) is 16.9 Å². The smallest absolute Gasteiger partial charge is 0.180 e. The summed E-state index contributed by atoms with van der Waals surface area (Å²) in [4.78, 5) is 8.56. The lowest BCUT2D eigenvalue weighted by atomic mass is 10.3. The Morgan fingerprint density at radius 3 is 2.78 bits per heavy atom. The molecule has 2 heterocycles. The summed E-state index contributed by atoms with van der Waals surface area (Å²) in [5, 5.41) is 13.3. The first-order valence-corrected chi connectivity index (χ1v) is 7.37. The molecule has 0 saturated heterocycles. The average Bonchev–Trinajstić information content (AvgIpc) is 2.76. The first kappa shape index (κ1) is 13.2. The fourth-order valence-corrected chi connectivity index (χ4v) is 3.14. The van der Waals surface area contributed by atoms with Crippen molar-refractivity contribution in [2.45, 2.75) is 36.6 Å². The third-order valence-corrected chi connectivity index (χ3v) is 4.27. The van der Waals surface area contributed by atoms with Crippen LogP contribution in [0.2, 0.25) is 0 Å². The van der Waals surface area contributed by atoms with Crippen LogP contribution in [-0.4, -0.2) is 26.7 Å². The van der Waals surface area contributed by atoms with Crippen LogP contribution >= 0.6 is 23.1 Å². The second kappa shape index (κ2) is 6.10. The maximum atomic E-state index is 4.30. The molecular formula is C11H15N5S2. The van der Waals surface area contributed by atoms with E-state index in [1.165, 1.54) is 11.8 Å². The number of aryl methyl sites for hydroxylation is 1. The zero-order valence-electron chi connectivity index (χ0n) is 10.6. The normalized spacial score (nSPS) is 10.6. The number of hydrogen-bond acceptors (Lipinski definition) is 7. The molecule has 0 aliphatic heterocycles. The number of aromatic nitrogens is 4. The van der Waals surface area contributed by atoms with Gasteiger partial charge >= 0.3 is 0 Å². The first-order chi connectivity index (χ1) is 8.70. The predicted molar refractivity (Wildman–Crippen MR) is 74.3 cm³/mol. The van der Waals surface area contributed by atoms with Crippen molar-refractivity contribution in [2.24, 2.45) is 0 Å². The molecule has 0 saturated carbocycles. The molecule has 0 spiro atoms. The Balaban J connectivity index is 2.17. The molecule has 0 aromatic carbocycles. The minimum Gasteiger partial charge on any atom is -0.370 e. The standard InChI is InChI=1S/C11H15N5S2/c1-4-5-12-9-7(2)10(14-6-13-9)18-11-16-15-8(3)17-11/h6H,4-5H2,1-3H3,(H,12,13,14). The summed E-state index contributed by atoms with van der Waals surface area (Å²) in [6.45, 7) is 7.01. The van der Waals surface area contributed by atoms with Crippen LogP contribution in [0.1, 0.15) is 23.9 Å². The molecule has 5 nitrogen and oxygen atoms in total. The van der Waals surface area contributed by atoms with E-state index in [2.05, 4.69) is 32.4 Å². The Hall–Kier alpha value is -1.21. The van der Waals surface area contributed by atoms with E-state index in [0.717, 1.165) is 38.7 Å². The second-order valence-corrected chi connectivity index (χ2v) is 6.19. The Morgan fingerprint density at radius 2 is 2.11 bits per heavy atom. The number of nitrogens with one attached hydrogen (secondary N) is 1. The fourth-order valence-electron chi connectivity index (χ4n) is 1.36. The van der Waals surface area contributed by atoms with Crippen molar-refractivity contribution in [1.29, 1.82) is 0 Å². The summed E-state index contributed by atoms with van der Waals surface area (Å²) in [6, 6.07) is 0. The van der Waals surface area contributed by atoms with Crippen molar-refractivity contribution in [3.63, 3.8) is 0 Å². The molecule has 0 bridgehead atoms. The summed E-state index contributed by atoms with van der Waals surface area (Å²) in [5.41, 5.74) is 1.06. The van der Waals surface area contributed by atoms with Crippen LogP contribution in [0.15, 0.2) is 15.7 Å². The molecule has 0 unspecified atom stereocenters. The van der Waals surface area contributed by atoms with Crippen LogP contribution in [0, 0.1) is 13.8 Å². The quantitative estimate of drug-likeness (QED) is 0.850. The zero-order valence-corrected chi connectivity index (χ0v) is 12.2. The summed E-state index contributed by atoms with van der Waals surface area (Å²) >= 11 is 3.11. The van der Waals surface area contributed by atoms with Crippen molar-refractivity contribution in [1.82, 2.24) is 20.2 Å². The van der Waals surface area contributed by atoms with Gasteiger partial charge in [-0.15, -0.1) is 10.2 Å². The molecule has 2 rings (SSSR count). The van der Waals surface area contributed by atoms with E-state index in [0.29, 0.717) is 0 Å². The summed E-state index contributed by atoms with van der Waals surface area (Å²) in [7, 11) is 0. The van der Waals surface area contributed by atoms with Crippen LogP contribution in [-0.2, 0) is 0 Å². The van der Waals surface area contributed by atoms with Gasteiger partial charge in [0, 0.05) is 12.1 Å². The minimum atomic E-state index is 0.899. The van der Waals surface area contributed by atoms with Gasteiger partial charge in [-0.3, -0.25) is 0 Å². The third-order valence-electron chi connectivity index (χ3n) is 2.27. The molecule has 96 valence electrons. The highest BCUT2D eigenvalue weighted by molar-refractivity contribution is 8.01. The fraction of sp³-hybridized carbons (Fsp3) is 0.455. The Labute approximate surface area is 114 Å². The Morgan fingerprint density at radius 1 is 1.28 bits per heavy atom. The number of rotatable bonds is 5. The molecule has 18 heavy (non-hydrogen) atoms. The second-order valence-electron chi connectivity index (χ2n) is 3.77. The zero-order chi connectivity index (χ0) is 13.0. The maximum absolute atomic E-state index is 4.30. The molecule has 7 heteroatoms. The molecule has 0 aliphatic rings.